The molecule has 1 aliphatic rings. The van der Waals surface area contributed by atoms with E-state index in [2.05, 4.69) is 4.72 Å². The quantitative estimate of drug-likeness (QED) is 0.838. The molecule has 2 rings (SSSR count). The van der Waals surface area contributed by atoms with Crippen molar-refractivity contribution < 1.29 is 23.1 Å². The van der Waals surface area contributed by atoms with Crippen LogP contribution in [0.15, 0.2) is 29.2 Å². The Hall–Kier alpha value is -1.44. The van der Waals surface area contributed by atoms with E-state index in [1.165, 1.54) is 24.3 Å². The zero-order valence-electron chi connectivity index (χ0n) is 10.9. The van der Waals surface area contributed by atoms with Crippen LogP contribution in [0.4, 0.5) is 0 Å². The summed E-state index contributed by atoms with van der Waals surface area (Å²) in [7, 11) is -3.58. The molecule has 2 N–H and O–H groups in total. The summed E-state index contributed by atoms with van der Waals surface area (Å²) in [6.07, 6.45) is 1.48. The fraction of sp³-hybridized carbons (Fsp3) is 0.462. The van der Waals surface area contributed by atoms with Gasteiger partial charge in [-0.2, -0.15) is 0 Å². The summed E-state index contributed by atoms with van der Waals surface area (Å²) in [5.74, 6) is -0.946. The zero-order chi connectivity index (χ0) is 14.6. The predicted molar refractivity (Wildman–Crippen MR) is 71.9 cm³/mol. The maximum Gasteiger partial charge on any atom is 0.307 e. The Kier molecular flexibility index (Phi) is 4.74. The summed E-state index contributed by atoms with van der Waals surface area (Å²) in [5, 5.41) is 8.67. The smallest absolute Gasteiger partial charge is 0.307 e. The van der Waals surface area contributed by atoms with E-state index in [9.17, 15) is 13.2 Å². The van der Waals surface area contributed by atoms with Crippen molar-refractivity contribution in [2.45, 2.75) is 30.2 Å². The Balaban J connectivity index is 2.06. The minimum Gasteiger partial charge on any atom is -0.481 e. The number of aliphatic carboxylic acids is 1. The maximum absolute atomic E-state index is 12.2. The molecule has 20 heavy (non-hydrogen) atoms. The molecule has 6 nitrogen and oxygen atoms in total. The minimum atomic E-state index is -3.58. The molecule has 0 aliphatic carbocycles. The number of rotatable bonds is 5. The van der Waals surface area contributed by atoms with Gasteiger partial charge in [0, 0.05) is 12.6 Å². The number of hydrogen-bond donors (Lipinski definition) is 2. The van der Waals surface area contributed by atoms with Crippen LogP contribution in [-0.4, -0.2) is 38.7 Å². The third-order valence-corrected chi connectivity index (χ3v) is 4.61. The number of carboxylic acids is 1. The number of sulfonamides is 1. The minimum absolute atomic E-state index is 0.121. The van der Waals surface area contributed by atoms with Crippen molar-refractivity contribution in [1.29, 1.82) is 0 Å². The van der Waals surface area contributed by atoms with Gasteiger partial charge in [0.05, 0.1) is 17.9 Å². The summed E-state index contributed by atoms with van der Waals surface area (Å²) in [6, 6.07) is 5.67. The lowest BCUT2D eigenvalue weighted by atomic mass is 10.1. The Morgan fingerprint density at radius 2 is 2.05 bits per heavy atom. The molecule has 1 saturated heterocycles. The molecule has 1 atom stereocenters. The first-order valence-electron chi connectivity index (χ1n) is 6.38. The monoisotopic (exact) mass is 299 g/mol. The van der Waals surface area contributed by atoms with E-state index < -0.39 is 16.0 Å². The summed E-state index contributed by atoms with van der Waals surface area (Å²) < 4.78 is 32.1. The molecule has 1 unspecified atom stereocenters. The van der Waals surface area contributed by atoms with E-state index in [0.717, 1.165) is 12.8 Å². The van der Waals surface area contributed by atoms with Gasteiger partial charge in [-0.15, -0.1) is 0 Å². The lowest BCUT2D eigenvalue weighted by molar-refractivity contribution is -0.136. The fourth-order valence-corrected chi connectivity index (χ4v) is 3.34. The van der Waals surface area contributed by atoms with Crippen molar-refractivity contribution in [3.8, 4) is 0 Å². The van der Waals surface area contributed by atoms with Crippen LogP contribution in [0.5, 0.6) is 0 Å². The molecule has 0 spiro atoms. The number of ether oxygens (including phenoxy) is 1. The van der Waals surface area contributed by atoms with Crippen molar-refractivity contribution in [3.63, 3.8) is 0 Å². The van der Waals surface area contributed by atoms with Crippen LogP contribution in [0.3, 0.4) is 0 Å². The third-order valence-electron chi connectivity index (χ3n) is 3.07. The first kappa shape index (κ1) is 15.0. The molecule has 7 heteroatoms. The van der Waals surface area contributed by atoms with Gasteiger partial charge in [0.2, 0.25) is 10.0 Å². The van der Waals surface area contributed by atoms with Gasteiger partial charge >= 0.3 is 5.97 Å². The number of nitrogens with one attached hydrogen (secondary N) is 1. The van der Waals surface area contributed by atoms with Crippen molar-refractivity contribution >= 4 is 16.0 Å². The largest absolute Gasteiger partial charge is 0.481 e. The van der Waals surface area contributed by atoms with Crippen LogP contribution in [0, 0.1) is 0 Å². The molecule has 0 bridgehead atoms. The molecule has 0 radical (unpaired) electrons. The van der Waals surface area contributed by atoms with Crippen LogP contribution in [0.1, 0.15) is 18.4 Å². The van der Waals surface area contributed by atoms with Crippen molar-refractivity contribution in [3.05, 3.63) is 29.8 Å². The molecular weight excluding hydrogens is 282 g/mol. The molecule has 0 amide bonds. The average molecular weight is 299 g/mol. The van der Waals surface area contributed by atoms with Crippen molar-refractivity contribution in [2.24, 2.45) is 0 Å². The van der Waals surface area contributed by atoms with E-state index in [0.29, 0.717) is 18.8 Å². The Morgan fingerprint density at radius 1 is 1.35 bits per heavy atom. The maximum atomic E-state index is 12.2. The van der Waals surface area contributed by atoms with Gasteiger partial charge in [-0.05, 0) is 30.5 Å². The molecule has 110 valence electrons. The lowest BCUT2D eigenvalue weighted by Crippen LogP contribution is -2.40. The number of hydrogen-bond acceptors (Lipinski definition) is 4. The van der Waals surface area contributed by atoms with Crippen LogP contribution < -0.4 is 4.72 Å². The number of carboxylic acid groups (broad SMARTS) is 1. The number of benzene rings is 1. The highest BCUT2D eigenvalue weighted by atomic mass is 32.2. The topological polar surface area (TPSA) is 92.7 Å². The van der Waals surface area contributed by atoms with E-state index in [4.69, 9.17) is 9.84 Å². The highest BCUT2D eigenvalue weighted by molar-refractivity contribution is 7.89. The van der Waals surface area contributed by atoms with E-state index >= 15 is 0 Å². The normalized spacial score (nSPS) is 19.7. The first-order valence-corrected chi connectivity index (χ1v) is 7.86. The first-order chi connectivity index (χ1) is 9.47. The van der Waals surface area contributed by atoms with Gasteiger partial charge in [-0.25, -0.2) is 13.1 Å². The van der Waals surface area contributed by atoms with Crippen molar-refractivity contribution in [2.75, 3.05) is 13.2 Å². The number of carbonyl (C=O) groups is 1. The summed E-state index contributed by atoms with van der Waals surface area (Å²) in [4.78, 5) is 10.7. The second kappa shape index (κ2) is 6.34. The molecule has 0 aromatic heterocycles. The second-order valence-corrected chi connectivity index (χ2v) is 6.46. The van der Waals surface area contributed by atoms with Gasteiger partial charge in [0.25, 0.3) is 0 Å². The highest BCUT2D eigenvalue weighted by Crippen LogP contribution is 2.14. The van der Waals surface area contributed by atoms with E-state index in [1.807, 2.05) is 0 Å². The molecule has 0 saturated carbocycles. The summed E-state index contributed by atoms with van der Waals surface area (Å²) >= 11 is 0. The molecule has 1 aromatic carbocycles. The Labute approximate surface area is 117 Å². The van der Waals surface area contributed by atoms with E-state index in [-0.39, 0.29) is 17.4 Å². The van der Waals surface area contributed by atoms with Crippen LogP contribution in [0.2, 0.25) is 0 Å². The zero-order valence-corrected chi connectivity index (χ0v) is 11.7. The Bertz CT molecular complexity index is 561. The van der Waals surface area contributed by atoms with Gasteiger partial charge in [-0.1, -0.05) is 12.1 Å². The van der Waals surface area contributed by atoms with Crippen LogP contribution in [0.25, 0.3) is 0 Å². The summed E-state index contributed by atoms with van der Waals surface area (Å²) in [6.45, 7) is 1.05. The highest BCUT2D eigenvalue weighted by Gasteiger charge is 2.22. The van der Waals surface area contributed by atoms with E-state index in [1.54, 1.807) is 0 Å². The SMILES string of the molecule is O=C(O)Cc1ccc(S(=O)(=O)NC2CCCOC2)cc1. The Morgan fingerprint density at radius 3 is 2.60 bits per heavy atom. The fourth-order valence-electron chi connectivity index (χ4n) is 2.08. The van der Waals surface area contributed by atoms with Crippen molar-refractivity contribution in [1.82, 2.24) is 4.72 Å². The molecule has 1 aliphatic heterocycles. The van der Waals surface area contributed by atoms with Gasteiger partial charge in [0.1, 0.15) is 0 Å². The summed E-state index contributed by atoms with van der Waals surface area (Å²) in [5.41, 5.74) is 0.567. The predicted octanol–water partition coefficient (Wildman–Crippen LogP) is 0.771. The lowest BCUT2D eigenvalue weighted by Gasteiger charge is -2.22. The van der Waals surface area contributed by atoms with Gasteiger partial charge in [-0.3, -0.25) is 4.79 Å². The standard InChI is InChI=1S/C13H17NO5S/c15-13(16)8-10-3-5-12(6-4-10)20(17,18)14-11-2-1-7-19-9-11/h3-6,11,14H,1-2,7-9H2,(H,15,16). The van der Waals surface area contributed by atoms with Gasteiger partial charge in [0.15, 0.2) is 0 Å². The van der Waals surface area contributed by atoms with Crippen LogP contribution in [-0.2, 0) is 26.0 Å². The van der Waals surface area contributed by atoms with Crippen LogP contribution >= 0.6 is 0 Å². The molecule has 1 aromatic rings. The molecular formula is C13H17NO5S. The molecule has 1 heterocycles. The molecule has 1 fully saturated rings. The third kappa shape index (κ3) is 4.03. The van der Waals surface area contributed by atoms with Gasteiger partial charge < -0.3 is 9.84 Å². The second-order valence-electron chi connectivity index (χ2n) is 4.75. The average Bonchev–Trinajstić information content (AvgIpc) is 2.39.